The molecule has 2 atom stereocenters. The Morgan fingerprint density at radius 3 is 2.67 bits per heavy atom. The first-order valence-corrected chi connectivity index (χ1v) is 9.14. The van der Waals surface area contributed by atoms with E-state index in [2.05, 4.69) is 10.3 Å². The maximum Gasteiger partial charge on any atom is 0.308 e. The molecule has 2 heterocycles. The Bertz CT molecular complexity index is 927. The van der Waals surface area contributed by atoms with Crippen molar-refractivity contribution >= 4 is 23.5 Å². The first kappa shape index (κ1) is 17.9. The van der Waals surface area contributed by atoms with Crippen molar-refractivity contribution in [2.75, 3.05) is 13.1 Å². The normalized spacial score (nSPS) is 22.3. The first-order chi connectivity index (χ1) is 12.9. The summed E-state index contributed by atoms with van der Waals surface area (Å²) in [6, 6.07) is 4.13. The minimum atomic E-state index is -0.858. The molecule has 0 spiro atoms. The summed E-state index contributed by atoms with van der Waals surface area (Å²) >= 11 is 5.82. The second-order valence-corrected chi connectivity index (χ2v) is 7.60. The minimum Gasteiger partial charge on any atom is -0.481 e. The summed E-state index contributed by atoms with van der Waals surface area (Å²) in [6.45, 7) is 2.30. The summed E-state index contributed by atoms with van der Waals surface area (Å²) in [5, 5.41) is 17.4. The maximum absolute atomic E-state index is 13.4. The molecule has 0 bridgehead atoms. The lowest BCUT2D eigenvalue weighted by Gasteiger charge is -2.15. The molecule has 1 aromatic carbocycles. The summed E-state index contributed by atoms with van der Waals surface area (Å²) in [7, 11) is 0. The molecule has 1 aliphatic carbocycles. The summed E-state index contributed by atoms with van der Waals surface area (Å²) in [5.41, 5.74) is 1.14. The number of rotatable bonds is 4. The molecular weight excluding hydrogens is 375 g/mol. The van der Waals surface area contributed by atoms with Crippen molar-refractivity contribution in [3.63, 3.8) is 0 Å². The Kier molecular flexibility index (Phi) is 4.38. The van der Waals surface area contributed by atoms with Crippen molar-refractivity contribution in [3.05, 3.63) is 40.4 Å². The van der Waals surface area contributed by atoms with E-state index in [1.165, 1.54) is 22.9 Å². The number of carboxylic acids is 1. The Labute approximate surface area is 159 Å². The Balaban J connectivity index is 1.59. The molecule has 27 heavy (non-hydrogen) atoms. The molecule has 7 nitrogen and oxygen atoms in total. The number of carbonyl (C=O) groups is 2. The van der Waals surface area contributed by atoms with Gasteiger partial charge in [0.25, 0.3) is 5.91 Å². The van der Waals surface area contributed by atoms with Crippen molar-refractivity contribution in [3.8, 4) is 5.69 Å². The average Bonchev–Trinajstić information content (AvgIpc) is 3.26. The molecule has 0 radical (unpaired) electrons. The van der Waals surface area contributed by atoms with Crippen LogP contribution in [0, 0.1) is 30.5 Å². The molecule has 0 unspecified atom stereocenters. The maximum atomic E-state index is 13.4. The fraction of sp³-hybridized carbons (Fsp3) is 0.444. The fourth-order valence-electron chi connectivity index (χ4n) is 3.80. The van der Waals surface area contributed by atoms with Gasteiger partial charge in [-0.2, -0.15) is 0 Å². The van der Waals surface area contributed by atoms with Gasteiger partial charge in [0.1, 0.15) is 5.82 Å². The van der Waals surface area contributed by atoms with E-state index in [-0.39, 0.29) is 29.1 Å². The monoisotopic (exact) mass is 392 g/mol. The lowest BCUT2D eigenvalue weighted by Crippen LogP contribution is -2.30. The van der Waals surface area contributed by atoms with E-state index < -0.39 is 17.7 Å². The molecule has 1 saturated heterocycles. The number of carbonyl (C=O) groups excluding carboxylic acids is 1. The molecule has 2 aromatic rings. The van der Waals surface area contributed by atoms with Crippen molar-refractivity contribution in [2.24, 2.45) is 17.8 Å². The number of amides is 1. The Hall–Kier alpha value is -2.48. The molecule has 9 heteroatoms. The molecule has 1 N–H and O–H groups in total. The number of halogens is 2. The SMILES string of the molecule is Cc1c(C(=O)N2C[C@H](C(=O)O)[C@@H](C3CC3)C2)nnn1-c1ccc(F)c(Cl)c1. The highest BCUT2D eigenvalue weighted by Crippen LogP contribution is 2.44. The van der Waals surface area contributed by atoms with Gasteiger partial charge in [0.2, 0.25) is 0 Å². The van der Waals surface area contributed by atoms with E-state index in [1.54, 1.807) is 11.8 Å². The van der Waals surface area contributed by atoms with Crippen LogP contribution in [0.1, 0.15) is 29.0 Å². The third kappa shape index (κ3) is 3.18. The number of hydrogen-bond acceptors (Lipinski definition) is 4. The molecule has 2 aliphatic rings. The Morgan fingerprint density at radius 1 is 1.30 bits per heavy atom. The lowest BCUT2D eigenvalue weighted by molar-refractivity contribution is -0.142. The molecule has 1 amide bonds. The summed E-state index contributed by atoms with van der Waals surface area (Å²) in [4.78, 5) is 26.0. The summed E-state index contributed by atoms with van der Waals surface area (Å²) < 4.78 is 14.8. The van der Waals surface area contributed by atoms with Crippen LogP contribution in [0.2, 0.25) is 5.02 Å². The highest BCUT2D eigenvalue weighted by Gasteiger charge is 2.47. The number of nitrogens with zero attached hydrogens (tertiary/aromatic N) is 4. The third-order valence-electron chi connectivity index (χ3n) is 5.44. The number of hydrogen-bond donors (Lipinski definition) is 1. The van der Waals surface area contributed by atoms with Crippen LogP contribution in [0.3, 0.4) is 0 Å². The quantitative estimate of drug-likeness (QED) is 0.863. The van der Waals surface area contributed by atoms with Crippen LogP contribution in [0.5, 0.6) is 0 Å². The molecule has 1 aliphatic heterocycles. The standard InChI is InChI=1S/C18H18ClFN4O3/c1-9-16(21-22-24(9)11-4-5-15(20)14(19)6-11)17(25)23-7-12(10-2-3-10)13(8-23)18(26)27/h4-6,10,12-13H,2-3,7-8H2,1H3,(H,26,27)/t12-,13+/m1/s1. The van der Waals surface area contributed by atoms with Gasteiger partial charge >= 0.3 is 5.97 Å². The molecular formula is C18H18ClFN4O3. The van der Waals surface area contributed by atoms with Crippen LogP contribution in [0.4, 0.5) is 4.39 Å². The number of carboxylic acid groups (broad SMARTS) is 1. The molecule has 1 aromatic heterocycles. The number of aliphatic carboxylic acids is 1. The van der Waals surface area contributed by atoms with E-state index in [0.29, 0.717) is 23.8 Å². The van der Waals surface area contributed by atoms with Gasteiger partial charge in [-0.05, 0) is 49.8 Å². The second-order valence-electron chi connectivity index (χ2n) is 7.19. The summed E-state index contributed by atoms with van der Waals surface area (Å²) in [6.07, 6.45) is 2.05. The fourth-order valence-corrected chi connectivity index (χ4v) is 3.97. The van der Waals surface area contributed by atoms with Gasteiger partial charge in [0, 0.05) is 13.1 Å². The van der Waals surface area contributed by atoms with Crippen molar-refractivity contribution in [1.82, 2.24) is 19.9 Å². The van der Waals surface area contributed by atoms with E-state index >= 15 is 0 Å². The van der Waals surface area contributed by atoms with E-state index in [1.807, 2.05) is 0 Å². The van der Waals surface area contributed by atoms with Crippen LogP contribution in [0.15, 0.2) is 18.2 Å². The summed E-state index contributed by atoms with van der Waals surface area (Å²) in [5.74, 6) is -1.88. The van der Waals surface area contributed by atoms with Gasteiger partial charge in [-0.3, -0.25) is 9.59 Å². The van der Waals surface area contributed by atoms with Gasteiger partial charge in [-0.25, -0.2) is 9.07 Å². The van der Waals surface area contributed by atoms with Crippen molar-refractivity contribution < 1.29 is 19.1 Å². The molecule has 1 saturated carbocycles. The van der Waals surface area contributed by atoms with Crippen molar-refractivity contribution in [1.29, 1.82) is 0 Å². The van der Waals surface area contributed by atoms with Crippen LogP contribution in [0.25, 0.3) is 5.69 Å². The predicted molar refractivity (Wildman–Crippen MR) is 94.3 cm³/mol. The zero-order valence-electron chi connectivity index (χ0n) is 14.6. The smallest absolute Gasteiger partial charge is 0.308 e. The molecule has 4 rings (SSSR count). The predicted octanol–water partition coefficient (Wildman–Crippen LogP) is 2.55. The second kappa shape index (κ2) is 6.60. The first-order valence-electron chi connectivity index (χ1n) is 8.76. The zero-order chi connectivity index (χ0) is 19.3. The Morgan fingerprint density at radius 2 is 2.04 bits per heavy atom. The molecule has 142 valence electrons. The van der Waals surface area contributed by atoms with Crippen LogP contribution >= 0.6 is 11.6 Å². The van der Waals surface area contributed by atoms with Crippen LogP contribution in [-0.4, -0.2) is 50.0 Å². The number of benzene rings is 1. The average molecular weight is 393 g/mol. The van der Waals surface area contributed by atoms with Crippen LogP contribution in [-0.2, 0) is 4.79 Å². The largest absolute Gasteiger partial charge is 0.481 e. The van der Waals surface area contributed by atoms with Crippen LogP contribution < -0.4 is 0 Å². The van der Waals surface area contributed by atoms with Gasteiger partial charge in [-0.1, -0.05) is 16.8 Å². The van der Waals surface area contributed by atoms with Gasteiger partial charge < -0.3 is 10.0 Å². The highest BCUT2D eigenvalue weighted by molar-refractivity contribution is 6.30. The third-order valence-corrected chi connectivity index (χ3v) is 5.73. The van der Waals surface area contributed by atoms with Gasteiger partial charge in [0.05, 0.1) is 22.3 Å². The van der Waals surface area contributed by atoms with Crippen molar-refractivity contribution in [2.45, 2.75) is 19.8 Å². The van der Waals surface area contributed by atoms with E-state index in [4.69, 9.17) is 11.6 Å². The lowest BCUT2D eigenvalue weighted by atomic mass is 9.92. The minimum absolute atomic E-state index is 0.00212. The van der Waals surface area contributed by atoms with Gasteiger partial charge in [-0.15, -0.1) is 5.10 Å². The van der Waals surface area contributed by atoms with Gasteiger partial charge in [0.15, 0.2) is 5.69 Å². The zero-order valence-corrected chi connectivity index (χ0v) is 15.4. The highest BCUT2D eigenvalue weighted by atomic mass is 35.5. The number of aromatic nitrogens is 3. The number of likely N-dealkylation sites (tertiary alicyclic amines) is 1. The molecule has 2 fully saturated rings. The van der Waals surface area contributed by atoms with E-state index in [0.717, 1.165) is 12.8 Å². The van der Waals surface area contributed by atoms with E-state index in [9.17, 15) is 19.1 Å². The topological polar surface area (TPSA) is 88.3 Å².